The van der Waals surface area contributed by atoms with Gasteiger partial charge in [-0.15, -0.1) is 0 Å². The molecule has 192 valence electrons. The number of carboxylic acid groups (broad SMARTS) is 1. The number of benzene rings is 2. The number of nitrogens with one attached hydrogen (secondary N) is 1. The van der Waals surface area contributed by atoms with E-state index in [2.05, 4.69) is 68.6 Å². The molecule has 0 spiro atoms. The van der Waals surface area contributed by atoms with Gasteiger partial charge in [-0.05, 0) is 94.4 Å². The molecule has 0 heterocycles. The Morgan fingerprint density at radius 1 is 1.14 bits per heavy atom. The summed E-state index contributed by atoms with van der Waals surface area (Å²) in [7, 11) is 0. The summed E-state index contributed by atoms with van der Waals surface area (Å²) in [5.41, 5.74) is 6.39. The van der Waals surface area contributed by atoms with Crippen LogP contribution < -0.4 is 5.32 Å². The van der Waals surface area contributed by atoms with E-state index in [-0.39, 0.29) is 24.7 Å². The normalized spacial score (nSPS) is 15.7. The second kappa shape index (κ2) is 12.7. The zero-order valence-corrected chi connectivity index (χ0v) is 21.8. The van der Waals surface area contributed by atoms with Crippen molar-refractivity contribution in [2.24, 2.45) is 5.92 Å². The molecule has 0 fully saturated rings. The number of β-amino-alcohol motifs (C(OH)–C–C–N with tert-alkyl or cyclic N) is 1. The fraction of sp³-hybridized carbons (Fsp3) is 0.567. The highest BCUT2D eigenvalue weighted by Gasteiger charge is 2.28. The molecule has 5 nitrogen and oxygen atoms in total. The number of fused-ring (bicyclic) bond motifs is 1. The molecule has 0 saturated carbocycles. The molecular weight excluding hydrogens is 438 g/mol. The highest BCUT2D eigenvalue weighted by atomic mass is 16.5. The minimum absolute atomic E-state index is 0.0566. The fourth-order valence-corrected chi connectivity index (χ4v) is 5.30. The number of ether oxygens (including phenoxy) is 1. The van der Waals surface area contributed by atoms with Crippen molar-refractivity contribution < 1.29 is 19.7 Å². The summed E-state index contributed by atoms with van der Waals surface area (Å²) in [6.45, 7) is 9.29. The lowest BCUT2D eigenvalue weighted by atomic mass is 9.88. The average molecular weight is 482 g/mol. The Bertz CT molecular complexity index is 946. The molecule has 1 aliphatic rings. The number of hydrogen-bond acceptors (Lipinski definition) is 4. The van der Waals surface area contributed by atoms with Crippen molar-refractivity contribution in [2.45, 2.75) is 90.4 Å². The first-order valence-corrected chi connectivity index (χ1v) is 13.1. The summed E-state index contributed by atoms with van der Waals surface area (Å²) < 4.78 is 6.09. The highest BCUT2D eigenvalue weighted by molar-refractivity contribution is 5.66. The van der Waals surface area contributed by atoms with E-state index in [4.69, 9.17) is 9.84 Å². The third-order valence-corrected chi connectivity index (χ3v) is 7.12. The lowest BCUT2D eigenvalue weighted by molar-refractivity contribution is -0.137. The van der Waals surface area contributed by atoms with Crippen LogP contribution in [0.5, 0.6) is 0 Å². The average Bonchev–Trinajstić information content (AvgIpc) is 3.21. The number of rotatable bonds is 14. The van der Waals surface area contributed by atoms with Gasteiger partial charge < -0.3 is 20.3 Å². The summed E-state index contributed by atoms with van der Waals surface area (Å²) in [5, 5.41) is 23.0. The van der Waals surface area contributed by atoms with Crippen LogP contribution in [0.3, 0.4) is 0 Å². The molecule has 2 atom stereocenters. The van der Waals surface area contributed by atoms with E-state index in [9.17, 15) is 9.90 Å². The number of aliphatic hydroxyl groups excluding tert-OH is 1. The molecule has 0 aliphatic heterocycles. The second-order valence-corrected chi connectivity index (χ2v) is 10.9. The van der Waals surface area contributed by atoms with Gasteiger partial charge in [-0.2, -0.15) is 0 Å². The number of aliphatic carboxylic acids is 1. The van der Waals surface area contributed by atoms with Crippen molar-refractivity contribution >= 4 is 5.97 Å². The largest absolute Gasteiger partial charge is 0.481 e. The maximum atomic E-state index is 10.8. The van der Waals surface area contributed by atoms with Crippen LogP contribution in [0.25, 0.3) is 0 Å². The van der Waals surface area contributed by atoms with E-state index in [0.717, 1.165) is 37.7 Å². The van der Waals surface area contributed by atoms with Crippen LogP contribution in [0.2, 0.25) is 0 Å². The minimum atomic E-state index is -0.745. The Labute approximate surface area is 210 Å². The van der Waals surface area contributed by atoms with Crippen LogP contribution in [0, 0.1) is 12.8 Å². The third-order valence-electron chi connectivity index (χ3n) is 7.12. The van der Waals surface area contributed by atoms with Gasteiger partial charge in [0.2, 0.25) is 0 Å². The van der Waals surface area contributed by atoms with Crippen LogP contribution in [0.1, 0.15) is 80.4 Å². The molecule has 0 amide bonds. The lowest BCUT2D eigenvalue weighted by Gasteiger charge is -2.31. The topological polar surface area (TPSA) is 78.8 Å². The lowest BCUT2D eigenvalue weighted by Crippen LogP contribution is -2.45. The minimum Gasteiger partial charge on any atom is -0.481 e. The van der Waals surface area contributed by atoms with Gasteiger partial charge in [-0.25, -0.2) is 0 Å². The van der Waals surface area contributed by atoms with Gasteiger partial charge in [-0.1, -0.05) is 48.0 Å². The molecule has 0 saturated heterocycles. The fourth-order valence-electron chi connectivity index (χ4n) is 5.30. The predicted octanol–water partition coefficient (Wildman–Crippen LogP) is 5.40. The van der Waals surface area contributed by atoms with Crippen molar-refractivity contribution in [2.75, 3.05) is 13.2 Å². The highest BCUT2D eigenvalue weighted by Crippen LogP contribution is 2.32. The number of aryl methyl sites for hydroxylation is 2. The van der Waals surface area contributed by atoms with Crippen LogP contribution >= 0.6 is 0 Å². The van der Waals surface area contributed by atoms with Crippen LogP contribution in [0.15, 0.2) is 42.5 Å². The molecule has 1 aliphatic carbocycles. The number of carbonyl (C=O) groups is 1. The van der Waals surface area contributed by atoms with E-state index in [1.54, 1.807) is 0 Å². The Morgan fingerprint density at radius 2 is 1.83 bits per heavy atom. The second-order valence-electron chi connectivity index (χ2n) is 10.9. The van der Waals surface area contributed by atoms with Gasteiger partial charge in [0.15, 0.2) is 0 Å². The first-order chi connectivity index (χ1) is 16.6. The van der Waals surface area contributed by atoms with Gasteiger partial charge >= 0.3 is 5.97 Å². The molecule has 0 radical (unpaired) electrons. The molecule has 3 N–H and O–H groups in total. The van der Waals surface area contributed by atoms with Crippen LogP contribution in [-0.4, -0.2) is 41.0 Å². The number of hydrogen-bond donors (Lipinski definition) is 3. The van der Waals surface area contributed by atoms with Crippen molar-refractivity contribution in [3.8, 4) is 0 Å². The van der Waals surface area contributed by atoms with E-state index in [1.807, 2.05) is 6.92 Å². The standard InChI is InChI=1S/C30H43NO4/c1-21-13-14-24(9-7-8-12-29(33)34)28(15-21)22(2)35-20-27(32)19-31-30(3,4)18-23-16-25-10-5-6-11-26(25)17-23/h5-6,10-11,13-15,22-23,27,31-32H,7-9,12,16-20H2,1-4H3,(H,33,34)/t22-,27-/m1/s1. The summed E-state index contributed by atoms with van der Waals surface area (Å²) in [6, 6.07) is 15.1. The summed E-state index contributed by atoms with van der Waals surface area (Å²) in [6.07, 6.45) is 5.18. The van der Waals surface area contributed by atoms with E-state index in [0.29, 0.717) is 18.9 Å². The smallest absolute Gasteiger partial charge is 0.303 e. The van der Waals surface area contributed by atoms with Crippen molar-refractivity contribution in [3.05, 3.63) is 70.3 Å². The van der Waals surface area contributed by atoms with Gasteiger partial charge in [0.1, 0.15) is 0 Å². The summed E-state index contributed by atoms with van der Waals surface area (Å²) in [4.78, 5) is 10.8. The Kier molecular flexibility index (Phi) is 9.90. The maximum Gasteiger partial charge on any atom is 0.303 e. The Balaban J connectivity index is 1.44. The number of aliphatic hydroxyl groups is 1. The van der Waals surface area contributed by atoms with Crippen molar-refractivity contribution in [1.29, 1.82) is 0 Å². The SMILES string of the molecule is Cc1ccc(CCCCC(=O)O)c([C@@H](C)OC[C@H](O)CNC(C)(C)CC2Cc3ccccc3C2)c1. The first kappa shape index (κ1) is 27.4. The van der Waals surface area contributed by atoms with Gasteiger partial charge in [0, 0.05) is 18.5 Å². The van der Waals surface area contributed by atoms with E-state index < -0.39 is 12.1 Å². The van der Waals surface area contributed by atoms with Crippen molar-refractivity contribution in [3.63, 3.8) is 0 Å². The Hall–Kier alpha value is -2.21. The van der Waals surface area contributed by atoms with Crippen molar-refractivity contribution in [1.82, 2.24) is 5.32 Å². The van der Waals surface area contributed by atoms with E-state index >= 15 is 0 Å². The number of carboxylic acids is 1. The molecular formula is C30H43NO4. The molecule has 0 unspecified atom stereocenters. The van der Waals surface area contributed by atoms with E-state index in [1.165, 1.54) is 22.3 Å². The third kappa shape index (κ3) is 8.75. The molecule has 2 aromatic rings. The predicted molar refractivity (Wildman–Crippen MR) is 141 cm³/mol. The quantitative estimate of drug-likeness (QED) is 0.315. The maximum absolute atomic E-state index is 10.8. The molecule has 5 heteroatoms. The zero-order chi connectivity index (χ0) is 25.4. The van der Waals surface area contributed by atoms with Gasteiger partial charge in [0.25, 0.3) is 0 Å². The van der Waals surface area contributed by atoms with Gasteiger partial charge in [0.05, 0.1) is 18.8 Å². The van der Waals surface area contributed by atoms with Crippen LogP contribution in [0.4, 0.5) is 0 Å². The molecule has 0 aromatic heterocycles. The number of unbranched alkanes of at least 4 members (excludes halogenated alkanes) is 1. The summed E-state index contributed by atoms with van der Waals surface area (Å²) in [5.74, 6) is -0.108. The van der Waals surface area contributed by atoms with Crippen LogP contribution in [-0.2, 0) is 28.8 Å². The zero-order valence-electron chi connectivity index (χ0n) is 21.8. The summed E-state index contributed by atoms with van der Waals surface area (Å²) >= 11 is 0. The Morgan fingerprint density at radius 3 is 2.49 bits per heavy atom. The molecule has 35 heavy (non-hydrogen) atoms. The monoisotopic (exact) mass is 481 g/mol. The van der Waals surface area contributed by atoms with Gasteiger partial charge in [-0.3, -0.25) is 4.79 Å². The molecule has 0 bridgehead atoms. The first-order valence-electron chi connectivity index (χ1n) is 13.1. The molecule has 2 aromatic carbocycles. The molecule has 3 rings (SSSR count).